The zero-order chi connectivity index (χ0) is 21.7. The van der Waals surface area contributed by atoms with E-state index in [1.807, 2.05) is 36.2 Å². The van der Waals surface area contributed by atoms with Crippen LogP contribution in [-0.4, -0.2) is 69.4 Å². The van der Waals surface area contributed by atoms with Crippen LogP contribution in [0.5, 0.6) is 5.75 Å². The average Bonchev–Trinajstić information content (AvgIpc) is 2.74. The monoisotopic (exact) mass is 434 g/mol. The van der Waals surface area contributed by atoms with Crippen molar-refractivity contribution in [2.24, 2.45) is 0 Å². The molecule has 1 fully saturated rings. The van der Waals surface area contributed by atoms with Crippen LogP contribution in [0.25, 0.3) is 0 Å². The van der Waals surface area contributed by atoms with Crippen LogP contribution in [0.4, 0.5) is 11.4 Å². The molecule has 0 spiro atoms. The molecule has 3 rings (SSSR count). The Morgan fingerprint density at radius 1 is 1.10 bits per heavy atom. The summed E-state index contributed by atoms with van der Waals surface area (Å²) in [5, 5.41) is 14.6. The van der Waals surface area contributed by atoms with E-state index in [-0.39, 0.29) is 10.6 Å². The Morgan fingerprint density at radius 2 is 1.77 bits per heavy atom. The fraction of sp³-hybridized carbons (Fsp3) is 0.400. The van der Waals surface area contributed by atoms with Gasteiger partial charge in [-0.05, 0) is 43.3 Å². The summed E-state index contributed by atoms with van der Waals surface area (Å²) < 4.78 is 32.3. The van der Waals surface area contributed by atoms with Gasteiger partial charge in [0.25, 0.3) is 5.69 Å². The van der Waals surface area contributed by atoms with Gasteiger partial charge in [0.1, 0.15) is 11.4 Å². The summed E-state index contributed by atoms with van der Waals surface area (Å²) >= 11 is 0. The zero-order valence-electron chi connectivity index (χ0n) is 17.1. The fourth-order valence-electron chi connectivity index (χ4n) is 3.28. The van der Waals surface area contributed by atoms with Gasteiger partial charge in [0.05, 0.1) is 16.9 Å². The number of hydrogen-bond acceptors (Lipinski definition) is 7. The van der Waals surface area contributed by atoms with E-state index in [0.717, 1.165) is 17.4 Å². The van der Waals surface area contributed by atoms with Gasteiger partial charge in [-0.15, -0.1) is 0 Å². The SMILES string of the molecule is COc1ccc(CCNc2ccc(S(=O)(=O)N3CCN(C)CC3)cc2[N+](=O)[O-])cc1. The largest absolute Gasteiger partial charge is 0.497 e. The lowest BCUT2D eigenvalue weighted by molar-refractivity contribution is -0.384. The molecule has 1 aliphatic heterocycles. The molecule has 0 atom stereocenters. The van der Waals surface area contributed by atoms with E-state index in [4.69, 9.17) is 4.74 Å². The first-order chi connectivity index (χ1) is 14.3. The molecule has 1 aliphatic rings. The molecular weight excluding hydrogens is 408 g/mol. The second-order valence-corrected chi connectivity index (χ2v) is 9.11. The number of likely N-dealkylation sites (N-methyl/N-ethyl adjacent to an activating group) is 1. The van der Waals surface area contributed by atoms with E-state index in [0.29, 0.717) is 44.8 Å². The first-order valence-electron chi connectivity index (χ1n) is 9.65. The lowest BCUT2D eigenvalue weighted by Crippen LogP contribution is -2.47. The Hall–Kier alpha value is -2.69. The van der Waals surface area contributed by atoms with Crippen molar-refractivity contribution in [1.82, 2.24) is 9.21 Å². The molecule has 30 heavy (non-hydrogen) atoms. The second-order valence-electron chi connectivity index (χ2n) is 7.17. The molecule has 1 saturated heterocycles. The molecule has 0 aromatic heterocycles. The van der Waals surface area contributed by atoms with Gasteiger partial charge in [0.2, 0.25) is 10.0 Å². The van der Waals surface area contributed by atoms with Crippen LogP contribution in [0.15, 0.2) is 47.4 Å². The third-order valence-electron chi connectivity index (χ3n) is 5.15. The minimum absolute atomic E-state index is 0.0561. The van der Waals surface area contributed by atoms with E-state index in [2.05, 4.69) is 5.32 Å². The summed E-state index contributed by atoms with van der Waals surface area (Å²) in [6.07, 6.45) is 0.655. The predicted octanol–water partition coefficient (Wildman–Crippen LogP) is 2.19. The normalized spacial score (nSPS) is 15.7. The number of rotatable bonds is 8. The third kappa shape index (κ3) is 5.07. The zero-order valence-corrected chi connectivity index (χ0v) is 17.9. The number of sulfonamides is 1. The summed E-state index contributed by atoms with van der Waals surface area (Å²) in [5.41, 5.74) is 1.10. The van der Waals surface area contributed by atoms with Crippen molar-refractivity contribution < 1.29 is 18.1 Å². The van der Waals surface area contributed by atoms with Gasteiger partial charge in [0.15, 0.2) is 0 Å². The van der Waals surface area contributed by atoms with Crippen LogP contribution in [-0.2, 0) is 16.4 Å². The number of nitrogens with one attached hydrogen (secondary N) is 1. The Balaban J connectivity index is 1.72. The van der Waals surface area contributed by atoms with E-state index in [1.165, 1.54) is 16.4 Å². The maximum absolute atomic E-state index is 12.9. The highest BCUT2D eigenvalue weighted by molar-refractivity contribution is 7.89. The summed E-state index contributed by atoms with van der Waals surface area (Å²) in [7, 11) is -0.234. The number of anilines is 1. The maximum atomic E-state index is 12.9. The number of nitro benzene ring substituents is 1. The molecule has 0 unspecified atom stereocenters. The van der Waals surface area contributed by atoms with E-state index >= 15 is 0 Å². The minimum Gasteiger partial charge on any atom is -0.497 e. The van der Waals surface area contributed by atoms with Crippen LogP contribution in [0.1, 0.15) is 5.56 Å². The molecule has 0 aliphatic carbocycles. The number of nitrogens with zero attached hydrogens (tertiary/aromatic N) is 3. The number of ether oxygens (including phenoxy) is 1. The van der Waals surface area contributed by atoms with E-state index < -0.39 is 14.9 Å². The van der Waals surface area contributed by atoms with Crippen LogP contribution in [0.3, 0.4) is 0 Å². The van der Waals surface area contributed by atoms with Crippen molar-refractivity contribution in [3.05, 3.63) is 58.1 Å². The van der Waals surface area contributed by atoms with E-state index in [1.54, 1.807) is 7.11 Å². The first kappa shape index (κ1) is 22.0. The van der Waals surface area contributed by atoms with Gasteiger partial charge in [0, 0.05) is 38.8 Å². The lowest BCUT2D eigenvalue weighted by atomic mass is 10.1. The topological polar surface area (TPSA) is 105 Å². The Morgan fingerprint density at radius 3 is 2.37 bits per heavy atom. The molecule has 2 aromatic carbocycles. The van der Waals surface area contributed by atoms with Crippen molar-refractivity contribution in [2.75, 3.05) is 52.2 Å². The summed E-state index contributed by atoms with van der Waals surface area (Å²) in [4.78, 5) is 13.0. The predicted molar refractivity (Wildman–Crippen MR) is 115 cm³/mol. The van der Waals surface area contributed by atoms with Crippen molar-refractivity contribution in [2.45, 2.75) is 11.3 Å². The number of hydrogen-bond donors (Lipinski definition) is 1. The van der Waals surface area contributed by atoms with Crippen LogP contribution in [0, 0.1) is 10.1 Å². The summed E-state index contributed by atoms with van der Waals surface area (Å²) in [6, 6.07) is 11.6. The molecule has 1 N–H and O–H groups in total. The third-order valence-corrected chi connectivity index (χ3v) is 7.05. The Bertz CT molecular complexity index is 987. The van der Waals surface area contributed by atoms with Gasteiger partial charge in [-0.2, -0.15) is 4.31 Å². The second kappa shape index (κ2) is 9.41. The Labute approximate surface area is 176 Å². The van der Waals surface area contributed by atoms with E-state index in [9.17, 15) is 18.5 Å². The number of benzene rings is 2. The summed E-state index contributed by atoms with van der Waals surface area (Å²) in [5.74, 6) is 0.763. The Kier molecular flexibility index (Phi) is 6.91. The quantitative estimate of drug-likeness (QED) is 0.502. The van der Waals surface area contributed by atoms with Crippen molar-refractivity contribution >= 4 is 21.4 Å². The van der Waals surface area contributed by atoms with Crippen LogP contribution < -0.4 is 10.1 Å². The molecule has 0 bridgehead atoms. The van der Waals surface area contributed by atoms with Gasteiger partial charge in [-0.25, -0.2) is 8.42 Å². The molecule has 10 heteroatoms. The minimum atomic E-state index is -3.77. The summed E-state index contributed by atoms with van der Waals surface area (Å²) in [6.45, 7) is 2.47. The highest BCUT2D eigenvalue weighted by Crippen LogP contribution is 2.29. The average molecular weight is 435 g/mol. The standard InChI is InChI=1S/C20H26N4O5S/c1-22-11-13-23(14-12-22)30(27,28)18-7-8-19(20(15-18)24(25)26)21-10-9-16-3-5-17(29-2)6-4-16/h3-8,15,21H,9-14H2,1-2H3. The molecular formula is C20H26N4O5S. The highest BCUT2D eigenvalue weighted by atomic mass is 32.2. The molecule has 1 heterocycles. The number of nitro groups is 1. The van der Waals surface area contributed by atoms with Gasteiger partial charge in [-0.1, -0.05) is 12.1 Å². The molecule has 0 amide bonds. The van der Waals surface area contributed by atoms with Gasteiger partial charge >= 0.3 is 0 Å². The van der Waals surface area contributed by atoms with Crippen LogP contribution >= 0.6 is 0 Å². The smallest absolute Gasteiger partial charge is 0.293 e. The number of methoxy groups -OCH3 is 1. The fourth-order valence-corrected chi connectivity index (χ4v) is 4.73. The molecule has 2 aromatic rings. The van der Waals surface area contributed by atoms with Crippen molar-refractivity contribution in [3.63, 3.8) is 0 Å². The maximum Gasteiger partial charge on any atom is 0.293 e. The van der Waals surface area contributed by atoms with Crippen molar-refractivity contribution in [3.8, 4) is 5.75 Å². The molecule has 162 valence electrons. The molecule has 0 radical (unpaired) electrons. The van der Waals surface area contributed by atoms with Crippen molar-refractivity contribution in [1.29, 1.82) is 0 Å². The first-order valence-corrected chi connectivity index (χ1v) is 11.1. The van der Waals surface area contributed by atoms with Gasteiger partial charge < -0.3 is 15.0 Å². The molecule has 0 saturated carbocycles. The number of piperazine rings is 1. The molecule has 9 nitrogen and oxygen atoms in total. The van der Waals surface area contributed by atoms with Crippen LogP contribution in [0.2, 0.25) is 0 Å². The highest BCUT2D eigenvalue weighted by Gasteiger charge is 2.29. The lowest BCUT2D eigenvalue weighted by Gasteiger charge is -2.31. The van der Waals surface area contributed by atoms with Gasteiger partial charge in [-0.3, -0.25) is 10.1 Å².